The highest BCUT2D eigenvalue weighted by atomic mass is 14.9. The summed E-state index contributed by atoms with van der Waals surface area (Å²) in [5.74, 6) is 0.441. The van der Waals surface area contributed by atoms with E-state index in [4.69, 9.17) is 0 Å². The number of hydrogen-bond donors (Lipinski definition) is 1. The van der Waals surface area contributed by atoms with Crippen molar-refractivity contribution in [1.82, 2.24) is 0 Å². The molecule has 0 aromatic heterocycles. The van der Waals surface area contributed by atoms with Crippen LogP contribution in [0.5, 0.6) is 0 Å². The zero-order chi connectivity index (χ0) is 30.0. The van der Waals surface area contributed by atoms with E-state index in [-0.39, 0.29) is 5.41 Å². The van der Waals surface area contributed by atoms with Gasteiger partial charge in [-0.3, -0.25) is 0 Å². The van der Waals surface area contributed by atoms with Gasteiger partial charge in [0.25, 0.3) is 0 Å². The minimum Gasteiger partial charge on any atom is -0.359 e. The molecular formula is C44H37N. The van der Waals surface area contributed by atoms with Gasteiger partial charge in [0.15, 0.2) is 0 Å². The van der Waals surface area contributed by atoms with Gasteiger partial charge in [0.2, 0.25) is 0 Å². The number of rotatable bonds is 4. The molecule has 0 saturated carbocycles. The topological polar surface area (TPSA) is 12.0 Å². The first-order valence-corrected chi connectivity index (χ1v) is 16.6. The van der Waals surface area contributed by atoms with Crippen LogP contribution in [0.1, 0.15) is 65.5 Å². The molecule has 5 aliphatic carbocycles. The minimum absolute atomic E-state index is 0.105. The van der Waals surface area contributed by atoms with E-state index in [0.717, 1.165) is 32.1 Å². The summed E-state index contributed by atoms with van der Waals surface area (Å²) in [6.07, 6.45) is 22.0. The fraction of sp³-hybridized carbons (Fsp3) is 0.182. The molecule has 1 spiro atoms. The molecule has 0 fully saturated rings. The van der Waals surface area contributed by atoms with Crippen LogP contribution in [-0.2, 0) is 5.41 Å². The van der Waals surface area contributed by atoms with Crippen molar-refractivity contribution in [2.75, 3.05) is 5.32 Å². The summed E-state index contributed by atoms with van der Waals surface area (Å²) < 4.78 is 0. The highest BCUT2D eigenvalue weighted by Crippen LogP contribution is 2.65. The summed E-state index contributed by atoms with van der Waals surface area (Å²) in [5.41, 5.74) is 19.5. The summed E-state index contributed by atoms with van der Waals surface area (Å²) in [6.45, 7) is 2.20. The van der Waals surface area contributed by atoms with E-state index in [2.05, 4.69) is 146 Å². The Balaban J connectivity index is 1.08. The van der Waals surface area contributed by atoms with E-state index in [0.29, 0.717) is 5.92 Å². The second kappa shape index (κ2) is 10.3. The van der Waals surface area contributed by atoms with Crippen molar-refractivity contribution in [3.63, 3.8) is 0 Å². The monoisotopic (exact) mass is 579 g/mol. The van der Waals surface area contributed by atoms with Crippen LogP contribution >= 0.6 is 0 Å². The SMILES string of the molecule is Cc1cc(-c2ccccc2)ccc1NC1=CC=C(c2ccc3c(c2)C2(C4=C(CCC=C4)c4ccccc42)C2CC=CC=C32)CC1. The Bertz CT molecular complexity index is 2060. The number of aryl methyl sites for hydroxylation is 1. The van der Waals surface area contributed by atoms with Crippen molar-refractivity contribution in [3.8, 4) is 11.1 Å². The molecule has 1 N–H and O–H groups in total. The standard InChI is InChI=1S/C44H37N/c1-29-27-32(30-11-3-2-4-12-30)22-26-43(29)45-34-23-19-31(20-24-34)33-21-25-38-37-15-7-10-18-41(37)44(42(38)28-33)39-16-8-5-13-35(39)36-14-6-9-17-40(36)44/h2-5,7-13,15-17,19,21-23,25-28,41,45H,6,14,18,20,24H2,1H3. The summed E-state index contributed by atoms with van der Waals surface area (Å²) in [5, 5.41) is 3.75. The molecule has 45 heavy (non-hydrogen) atoms. The van der Waals surface area contributed by atoms with Gasteiger partial charge < -0.3 is 5.32 Å². The van der Waals surface area contributed by atoms with Gasteiger partial charge in [-0.25, -0.2) is 0 Å². The number of anilines is 1. The minimum atomic E-state index is -0.105. The van der Waals surface area contributed by atoms with Gasteiger partial charge in [-0.2, -0.15) is 0 Å². The molecule has 1 nitrogen and oxygen atoms in total. The van der Waals surface area contributed by atoms with Gasteiger partial charge in [-0.1, -0.05) is 109 Å². The fourth-order valence-corrected chi connectivity index (χ4v) is 8.81. The molecule has 0 bridgehead atoms. The lowest BCUT2D eigenvalue weighted by atomic mass is 9.64. The lowest BCUT2D eigenvalue weighted by molar-refractivity contribution is 0.490. The average Bonchev–Trinajstić information content (AvgIpc) is 3.57. The number of benzene rings is 4. The molecule has 0 amide bonds. The maximum atomic E-state index is 3.75. The largest absolute Gasteiger partial charge is 0.359 e. The van der Waals surface area contributed by atoms with Crippen molar-refractivity contribution < 1.29 is 0 Å². The third kappa shape index (κ3) is 4.00. The van der Waals surface area contributed by atoms with Gasteiger partial charge >= 0.3 is 0 Å². The summed E-state index contributed by atoms with van der Waals surface area (Å²) in [4.78, 5) is 0. The molecule has 0 aliphatic heterocycles. The van der Waals surface area contributed by atoms with Gasteiger partial charge in [-0.05, 0) is 130 Å². The Morgan fingerprint density at radius 1 is 0.689 bits per heavy atom. The zero-order valence-corrected chi connectivity index (χ0v) is 25.8. The first-order chi connectivity index (χ1) is 22.2. The van der Waals surface area contributed by atoms with E-state index < -0.39 is 0 Å². The quantitative estimate of drug-likeness (QED) is 0.254. The van der Waals surface area contributed by atoms with Crippen molar-refractivity contribution in [1.29, 1.82) is 0 Å². The van der Waals surface area contributed by atoms with E-state index in [1.54, 1.807) is 11.1 Å². The second-order valence-electron chi connectivity index (χ2n) is 13.2. The molecular weight excluding hydrogens is 542 g/mol. The van der Waals surface area contributed by atoms with E-state index >= 15 is 0 Å². The lowest BCUT2D eigenvalue weighted by Crippen LogP contribution is -2.33. The van der Waals surface area contributed by atoms with Crippen LogP contribution in [0.2, 0.25) is 0 Å². The van der Waals surface area contributed by atoms with Gasteiger partial charge in [0.1, 0.15) is 0 Å². The summed E-state index contributed by atoms with van der Waals surface area (Å²) in [7, 11) is 0. The van der Waals surface area contributed by atoms with Crippen molar-refractivity contribution >= 4 is 22.4 Å². The predicted molar refractivity (Wildman–Crippen MR) is 190 cm³/mol. The molecule has 5 aliphatic rings. The molecule has 4 aromatic rings. The van der Waals surface area contributed by atoms with E-state index in [1.807, 2.05) is 0 Å². The van der Waals surface area contributed by atoms with Crippen molar-refractivity contribution in [2.24, 2.45) is 5.92 Å². The van der Waals surface area contributed by atoms with Crippen LogP contribution < -0.4 is 5.32 Å². The van der Waals surface area contributed by atoms with Gasteiger partial charge in [-0.15, -0.1) is 0 Å². The first-order valence-electron chi connectivity index (χ1n) is 16.6. The summed E-state index contributed by atoms with van der Waals surface area (Å²) >= 11 is 0. The molecule has 1 heteroatoms. The summed E-state index contributed by atoms with van der Waals surface area (Å²) in [6, 6.07) is 34.0. The number of nitrogens with one attached hydrogen (secondary N) is 1. The maximum Gasteiger partial charge on any atom is 0.0537 e. The molecule has 0 radical (unpaired) electrons. The third-order valence-corrected chi connectivity index (χ3v) is 10.9. The number of allylic oxidation sites excluding steroid dienone is 12. The normalized spacial score (nSPS) is 22.3. The Labute approximate surface area is 266 Å². The predicted octanol–water partition coefficient (Wildman–Crippen LogP) is 11.2. The molecule has 2 unspecified atom stereocenters. The molecule has 0 saturated heterocycles. The van der Waals surface area contributed by atoms with Crippen molar-refractivity contribution in [2.45, 2.75) is 44.4 Å². The number of fused-ring (bicyclic) bond motifs is 9. The Morgan fingerprint density at radius 2 is 1.56 bits per heavy atom. The van der Waals surface area contributed by atoms with E-state index in [9.17, 15) is 0 Å². The maximum absolute atomic E-state index is 3.75. The van der Waals surface area contributed by atoms with Crippen LogP contribution in [0.25, 0.3) is 27.8 Å². The molecule has 2 atom stereocenters. The van der Waals surface area contributed by atoms with Crippen LogP contribution in [0.3, 0.4) is 0 Å². The Hall–Kier alpha value is -4.88. The van der Waals surface area contributed by atoms with Gasteiger partial charge in [0.05, 0.1) is 5.41 Å². The van der Waals surface area contributed by atoms with Crippen molar-refractivity contribution in [3.05, 3.63) is 178 Å². The highest BCUT2D eigenvalue weighted by molar-refractivity contribution is 5.94. The zero-order valence-electron chi connectivity index (χ0n) is 25.8. The Morgan fingerprint density at radius 3 is 2.42 bits per heavy atom. The van der Waals surface area contributed by atoms with Crippen LogP contribution in [-0.4, -0.2) is 0 Å². The van der Waals surface area contributed by atoms with Crippen LogP contribution in [0, 0.1) is 12.8 Å². The van der Waals surface area contributed by atoms with Gasteiger partial charge in [0, 0.05) is 17.3 Å². The smallest absolute Gasteiger partial charge is 0.0537 e. The lowest BCUT2D eigenvalue weighted by Gasteiger charge is -2.37. The second-order valence-corrected chi connectivity index (χ2v) is 13.2. The third-order valence-electron chi connectivity index (χ3n) is 10.9. The first kappa shape index (κ1) is 26.5. The highest BCUT2D eigenvalue weighted by Gasteiger charge is 2.56. The number of hydrogen-bond acceptors (Lipinski definition) is 1. The fourth-order valence-electron chi connectivity index (χ4n) is 8.81. The van der Waals surface area contributed by atoms with Crippen LogP contribution in [0.4, 0.5) is 5.69 Å². The molecule has 9 rings (SSSR count). The molecule has 4 aromatic carbocycles. The Kier molecular flexibility index (Phi) is 6.10. The van der Waals surface area contributed by atoms with E-state index in [1.165, 1.54) is 67.0 Å². The molecule has 0 heterocycles. The van der Waals surface area contributed by atoms with Crippen LogP contribution in [0.15, 0.2) is 145 Å². The molecule has 218 valence electrons. The average molecular weight is 580 g/mol.